The number of aryl methyl sites for hydroxylation is 1. The van der Waals surface area contributed by atoms with Crippen LogP contribution in [0.3, 0.4) is 0 Å². The summed E-state index contributed by atoms with van der Waals surface area (Å²) >= 11 is 1.37. The van der Waals surface area contributed by atoms with Gasteiger partial charge in [-0.3, -0.25) is 4.79 Å². The topological polar surface area (TPSA) is 81.9 Å². The number of fused-ring (bicyclic) bond motifs is 1. The first-order valence-corrected chi connectivity index (χ1v) is 10.2. The molecule has 1 aliphatic heterocycles. The first-order chi connectivity index (χ1) is 12.8. The summed E-state index contributed by atoms with van der Waals surface area (Å²) in [5.41, 5.74) is 2.59. The average Bonchev–Trinajstić information content (AvgIpc) is 3.33. The van der Waals surface area contributed by atoms with Crippen LogP contribution < -0.4 is 5.32 Å². The quantitative estimate of drug-likeness (QED) is 0.781. The third kappa shape index (κ3) is 4.07. The molecule has 2 atom stereocenters. The van der Waals surface area contributed by atoms with E-state index in [-0.39, 0.29) is 18.1 Å². The highest BCUT2D eigenvalue weighted by atomic mass is 32.2. The molecule has 1 saturated heterocycles. The number of thioether (sulfide) groups is 1. The van der Waals surface area contributed by atoms with Crippen molar-refractivity contribution >= 4 is 17.7 Å². The molecule has 1 aromatic heterocycles. The van der Waals surface area contributed by atoms with Gasteiger partial charge in [0.15, 0.2) is 0 Å². The first kappa shape index (κ1) is 17.5. The van der Waals surface area contributed by atoms with Crippen molar-refractivity contribution in [3.8, 4) is 0 Å². The number of amides is 1. The fourth-order valence-corrected chi connectivity index (χ4v) is 4.36. The molecule has 138 valence electrons. The fraction of sp³-hybridized carbons (Fsp3) is 0.556. The molecule has 4 rings (SSSR count). The lowest BCUT2D eigenvalue weighted by Gasteiger charge is -2.26. The Labute approximate surface area is 156 Å². The Morgan fingerprint density at radius 3 is 3.12 bits per heavy atom. The van der Waals surface area contributed by atoms with Gasteiger partial charge in [0, 0.05) is 6.61 Å². The molecular formula is C18H23N5O2S. The number of tetrazole rings is 1. The second kappa shape index (κ2) is 8.18. The molecule has 0 bridgehead atoms. The minimum atomic E-state index is 0.0170. The van der Waals surface area contributed by atoms with Gasteiger partial charge in [0.05, 0.1) is 24.4 Å². The zero-order chi connectivity index (χ0) is 17.8. The van der Waals surface area contributed by atoms with E-state index in [1.54, 1.807) is 4.68 Å². The van der Waals surface area contributed by atoms with Crippen LogP contribution in [0.15, 0.2) is 29.4 Å². The summed E-state index contributed by atoms with van der Waals surface area (Å²) in [5, 5.41) is 15.6. The molecule has 1 fully saturated rings. The molecule has 8 heteroatoms. The van der Waals surface area contributed by atoms with Crippen LogP contribution in [0.1, 0.15) is 42.9 Å². The van der Waals surface area contributed by atoms with Gasteiger partial charge in [0.25, 0.3) is 0 Å². The van der Waals surface area contributed by atoms with Gasteiger partial charge in [-0.2, -0.15) is 0 Å². The van der Waals surface area contributed by atoms with Crippen LogP contribution >= 0.6 is 11.8 Å². The predicted octanol–water partition coefficient (Wildman–Crippen LogP) is 2.14. The summed E-state index contributed by atoms with van der Waals surface area (Å²) in [4.78, 5) is 12.4. The van der Waals surface area contributed by atoms with Crippen LogP contribution in [0.5, 0.6) is 0 Å². The number of hydrogen-bond donors (Lipinski definition) is 1. The molecule has 2 aliphatic rings. The number of rotatable bonds is 6. The van der Waals surface area contributed by atoms with Gasteiger partial charge >= 0.3 is 0 Å². The van der Waals surface area contributed by atoms with E-state index in [2.05, 4.69) is 39.0 Å². The average molecular weight is 373 g/mol. The molecule has 1 aliphatic carbocycles. The molecule has 0 radical (unpaired) electrons. The van der Waals surface area contributed by atoms with Gasteiger partial charge < -0.3 is 10.1 Å². The molecule has 7 nitrogen and oxygen atoms in total. The summed E-state index contributed by atoms with van der Waals surface area (Å²) in [7, 11) is 0. The van der Waals surface area contributed by atoms with Crippen molar-refractivity contribution in [2.24, 2.45) is 0 Å². The van der Waals surface area contributed by atoms with Crippen LogP contribution in [0, 0.1) is 0 Å². The lowest BCUT2D eigenvalue weighted by Crippen LogP contribution is -2.32. The highest BCUT2D eigenvalue weighted by Gasteiger charge is 2.22. The molecule has 1 amide bonds. The van der Waals surface area contributed by atoms with E-state index in [0.29, 0.717) is 17.5 Å². The summed E-state index contributed by atoms with van der Waals surface area (Å²) in [6, 6.07) is 8.48. The maximum Gasteiger partial charge on any atom is 0.230 e. The van der Waals surface area contributed by atoms with Gasteiger partial charge in [-0.15, -0.1) is 5.10 Å². The van der Waals surface area contributed by atoms with Gasteiger partial charge in [-0.05, 0) is 53.7 Å². The van der Waals surface area contributed by atoms with Crippen molar-refractivity contribution in [3.05, 3.63) is 35.4 Å². The SMILES string of the molecule is O=C(CSc1nnnn1CC1CCCO1)NC1CCCc2ccccc21. The van der Waals surface area contributed by atoms with E-state index in [0.717, 1.165) is 38.7 Å². The maximum atomic E-state index is 12.4. The minimum Gasteiger partial charge on any atom is -0.376 e. The Morgan fingerprint density at radius 2 is 2.23 bits per heavy atom. The van der Waals surface area contributed by atoms with Gasteiger partial charge in [-0.1, -0.05) is 36.0 Å². The number of carbonyl (C=O) groups is 1. The van der Waals surface area contributed by atoms with E-state index in [1.807, 2.05) is 6.07 Å². The molecule has 0 saturated carbocycles. The van der Waals surface area contributed by atoms with Crippen LogP contribution in [-0.2, 0) is 22.5 Å². The van der Waals surface area contributed by atoms with E-state index < -0.39 is 0 Å². The number of ether oxygens (including phenoxy) is 1. The zero-order valence-electron chi connectivity index (χ0n) is 14.6. The standard InChI is InChI=1S/C18H23N5O2S/c24-17(19-16-9-3-6-13-5-1-2-8-15(13)16)12-26-18-20-21-22-23(18)11-14-7-4-10-25-14/h1-2,5,8,14,16H,3-4,6-7,9-12H2,(H,19,24). The normalized spacial score (nSPS) is 22.2. The number of carbonyl (C=O) groups excluding carboxylic acids is 1. The summed E-state index contributed by atoms with van der Waals surface area (Å²) < 4.78 is 7.38. The van der Waals surface area contributed by atoms with Crippen molar-refractivity contribution in [2.45, 2.75) is 56.0 Å². The molecule has 1 aromatic carbocycles. The van der Waals surface area contributed by atoms with Gasteiger partial charge in [-0.25, -0.2) is 4.68 Å². The Balaban J connectivity index is 1.32. The summed E-state index contributed by atoms with van der Waals surface area (Å²) in [6.45, 7) is 1.45. The van der Waals surface area contributed by atoms with E-state index >= 15 is 0 Å². The molecule has 2 aromatic rings. The second-order valence-corrected chi connectivity index (χ2v) is 7.72. The van der Waals surface area contributed by atoms with E-state index in [4.69, 9.17) is 4.74 Å². The molecule has 1 N–H and O–H groups in total. The third-order valence-corrected chi connectivity index (χ3v) is 5.89. The van der Waals surface area contributed by atoms with Crippen LogP contribution in [0.2, 0.25) is 0 Å². The Kier molecular flexibility index (Phi) is 5.50. The number of aromatic nitrogens is 4. The highest BCUT2D eigenvalue weighted by Crippen LogP contribution is 2.29. The molecule has 2 heterocycles. The van der Waals surface area contributed by atoms with Crippen molar-refractivity contribution in [1.82, 2.24) is 25.5 Å². The van der Waals surface area contributed by atoms with Crippen molar-refractivity contribution in [2.75, 3.05) is 12.4 Å². The molecular weight excluding hydrogens is 350 g/mol. The number of benzene rings is 1. The Bertz CT molecular complexity index is 760. The van der Waals surface area contributed by atoms with Gasteiger partial charge in [0.1, 0.15) is 0 Å². The van der Waals surface area contributed by atoms with E-state index in [9.17, 15) is 4.79 Å². The number of nitrogens with one attached hydrogen (secondary N) is 1. The van der Waals surface area contributed by atoms with Crippen molar-refractivity contribution in [1.29, 1.82) is 0 Å². The lowest BCUT2D eigenvalue weighted by molar-refractivity contribution is -0.119. The zero-order valence-corrected chi connectivity index (χ0v) is 15.5. The minimum absolute atomic E-state index is 0.0170. The fourth-order valence-electron chi connectivity index (χ4n) is 3.67. The largest absolute Gasteiger partial charge is 0.376 e. The van der Waals surface area contributed by atoms with Crippen LogP contribution in [-0.4, -0.2) is 44.6 Å². The maximum absolute atomic E-state index is 12.4. The second-order valence-electron chi connectivity index (χ2n) is 6.78. The van der Waals surface area contributed by atoms with Crippen molar-refractivity contribution < 1.29 is 9.53 Å². The molecule has 2 unspecified atom stereocenters. The van der Waals surface area contributed by atoms with Crippen LogP contribution in [0.4, 0.5) is 0 Å². The third-order valence-electron chi connectivity index (χ3n) is 4.94. The Morgan fingerprint density at radius 1 is 1.31 bits per heavy atom. The summed E-state index contributed by atoms with van der Waals surface area (Å²) in [5.74, 6) is 0.327. The smallest absolute Gasteiger partial charge is 0.230 e. The lowest BCUT2D eigenvalue weighted by atomic mass is 9.88. The molecule has 26 heavy (non-hydrogen) atoms. The van der Waals surface area contributed by atoms with Gasteiger partial charge in [0.2, 0.25) is 11.1 Å². The summed E-state index contributed by atoms with van der Waals surface area (Å²) in [6.07, 6.45) is 5.48. The predicted molar refractivity (Wildman–Crippen MR) is 97.8 cm³/mol. The number of nitrogens with zero attached hydrogens (tertiary/aromatic N) is 4. The van der Waals surface area contributed by atoms with Crippen molar-refractivity contribution in [3.63, 3.8) is 0 Å². The molecule has 0 spiro atoms. The first-order valence-electron chi connectivity index (χ1n) is 9.17. The van der Waals surface area contributed by atoms with Crippen LogP contribution in [0.25, 0.3) is 0 Å². The number of hydrogen-bond acceptors (Lipinski definition) is 6. The van der Waals surface area contributed by atoms with E-state index in [1.165, 1.54) is 22.9 Å². The highest BCUT2D eigenvalue weighted by molar-refractivity contribution is 7.99. The monoisotopic (exact) mass is 373 g/mol. The Hall–Kier alpha value is -1.93.